The van der Waals surface area contributed by atoms with Gasteiger partial charge in [-0.2, -0.15) is 0 Å². The number of ether oxygens (including phenoxy) is 2. The predicted octanol–water partition coefficient (Wildman–Crippen LogP) is 0.119. The lowest BCUT2D eigenvalue weighted by atomic mass is 10.1. The second-order valence-electron chi connectivity index (χ2n) is 5.85. The van der Waals surface area contributed by atoms with E-state index in [0.717, 1.165) is 0 Å². The van der Waals surface area contributed by atoms with Crippen LogP contribution < -0.4 is 5.32 Å². The average molecular weight is 288 g/mol. The number of aliphatic hydroxyl groups is 1. The van der Waals surface area contributed by atoms with E-state index in [1.54, 1.807) is 20.8 Å². The Morgan fingerprint density at radius 1 is 1.40 bits per heavy atom. The fourth-order valence-corrected chi connectivity index (χ4v) is 1.99. The van der Waals surface area contributed by atoms with E-state index in [1.807, 2.05) is 0 Å². The number of aliphatic hydroxyl groups excluding tert-OH is 1. The van der Waals surface area contributed by atoms with Gasteiger partial charge < -0.3 is 24.8 Å². The van der Waals surface area contributed by atoms with E-state index >= 15 is 0 Å². The van der Waals surface area contributed by atoms with Crippen molar-refractivity contribution >= 4 is 12.1 Å². The summed E-state index contributed by atoms with van der Waals surface area (Å²) in [6.45, 7) is 5.99. The van der Waals surface area contributed by atoms with Crippen LogP contribution in [0.1, 0.15) is 27.2 Å². The summed E-state index contributed by atoms with van der Waals surface area (Å²) in [7, 11) is 1.31. The molecular formula is C13H24N2O5. The molecule has 0 aromatic rings. The molecule has 0 aromatic carbocycles. The summed E-state index contributed by atoms with van der Waals surface area (Å²) in [6, 6.07) is -0.545. The van der Waals surface area contributed by atoms with Crippen LogP contribution >= 0.6 is 0 Å². The highest BCUT2D eigenvalue weighted by Gasteiger charge is 2.35. The van der Waals surface area contributed by atoms with Crippen molar-refractivity contribution < 1.29 is 24.2 Å². The Hall–Kier alpha value is -1.34. The number of rotatable bonds is 3. The van der Waals surface area contributed by atoms with Crippen molar-refractivity contribution in [1.82, 2.24) is 10.2 Å². The first-order chi connectivity index (χ1) is 9.26. The molecule has 1 aliphatic heterocycles. The summed E-state index contributed by atoms with van der Waals surface area (Å²) in [5.41, 5.74) is -0.605. The Kier molecular flexibility index (Phi) is 5.76. The van der Waals surface area contributed by atoms with Gasteiger partial charge in [0.2, 0.25) is 0 Å². The first-order valence-corrected chi connectivity index (χ1v) is 6.67. The number of methoxy groups -OCH3 is 1. The average Bonchev–Trinajstić information content (AvgIpc) is 2.36. The monoisotopic (exact) mass is 288 g/mol. The van der Waals surface area contributed by atoms with Crippen molar-refractivity contribution in [2.45, 2.75) is 44.9 Å². The van der Waals surface area contributed by atoms with E-state index in [2.05, 4.69) is 10.1 Å². The second kappa shape index (κ2) is 6.90. The lowest BCUT2D eigenvalue weighted by molar-refractivity contribution is -0.142. The van der Waals surface area contributed by atoms with Crippen LogP contribution in [0.15, 0.2) is 0 Å². The zero-order chi connectivity index (χ0) is 15.3. The number of carbonyl (C=O) groups is 2. The molecule has 7 nitrogen and oxygen atoms in total. The SMILES string of the molecule is COC(=O)C[C@@H]1CN[C@H](CO)CN1C(=O)OC(C)(C)C. The summed E-state index contributed by atoms with van der Waals surface area (Å²) in [6.07, 6.45) is -0.382. The van der Waals surface area contributed by atoms with Crippen LogP contribution in [0.3, 0.4) is 0 Å². The Bertz CT molecular complexity index is 353. The first-order valence-electron chi connectivity index (χ1n) is 6.67. The zero-order valence-electron chi connectivity index (χ0n) is 12.5. The van der Waals surface area contributed by atoms with Gasteiger partial charge >= 0.3 is 12.1 Å². The third kappa shape index (κ3) is 4.97. The van der Waals surface area contributed by atoms with Crippen molar-refractivity contribution in [3.63, 3.8) is 0 Å². The summed E-state index contributed by atoms with van der Waals surface area (Å²) < 4.78 is 9.98. The molecule has 1 fully saturated rings. The highest BCUT2D eigenvalue weighted by molar-refractivity contribution is 5.73. The summed E-state index contributed by atoms with van der Waals surface area (Å²) in [5, 5.41) is 12.3. The molecule has 0 aliphatic carbocycles. The van der Waals surface area contributed by atoms with Crippen LogP contribution in [-0.2, 0) is 14.3 Å². The number of nitrogens with one attached hydrogen (secondary N) is 1. The molecule has 7 heteroatoms. The molecule has 1 aliphatic rings. The predicted molar refractivity (Wildman–Crippen MR) is 72.2 cm³/mol. The minimum absolute atomic E-state index is 0.0791. The van der Waals surface area contributed by atoms with Gasteiger partial charge in [-0.15, -0.1) is 0 Å². The third-order valence-corrected chi connectivity index (χ3v) is 2.98. The van der Waals surface area contributed by atoms with E-state index in [4.69, 9.17) is 4.74 Å². The molecule has 0 aromatic heterocycles. The Morgan fingerprint density at radius 3 is 2.55 bits per heavy atom. The number of nitrogens with zero attached hydrogens (tertiary/aromatic N) is 1. The van der Waals surface area contributed by atoms with Gasteiger partial charge in [-0.25, -0.2) is 4.79 Å². The standard InChI is InChI=1S/C13H24N2O5/c1-13(2,3)20-12(18)15-7-9(8-16)14-6-10(15)5-11(17)19-4/h9-10,14,16H,5-8H2,1-4H3/t9-,10+/m0/s1. The number of amides is 1. The topological polar surface area (TPSA) is 88.1 Å². The minimum atomic E-state index is -0.605. The molecule has 1 saturated heterocycles. The van der Waals surface area contributed by atoms with Crippen molar-refractivity contribution in [2.24, 2.45) is 0 Å². The Morgan fingerprint density at radius 2 is 2.05 bits per heavy atom. The summed E-state index contributed by atoms with van der Waals surface area (Å²) >= 11 is 0. The second-order valence-corrected chi connectivity index (χ2v) is 5.85. The highest BCUT2D eigenvalue weighted by atomic mass is 16.6. The molecule has 20 heavy (non-hydrogen) atoms. The molecule has 0 bridgehead atoms. The van der Waals surface area contributed by atoms with Gasteiger partial charge in [0.05, 0.1) is 26.2 Å². The molecular weight excluding hydrogens is 264 g/mol. The molecule has 0 radical (unpaired) electrons. The summed E-state index contributed by atoms with van der Waals surface area (Å²) in [5.74, 6) is -0.382. The lowest BCUT2D eigenvalue weighted by Gasteiger charge is -2.39. The van der Waals surface area contributed by atoms with Crippen LogP contribution in [-0.4, -0.2) is 66.6 Å². The molecule has 1 rings (SSSR count). The van der Waals surface area contributed by atoms with Crippen molar-refractivity contribution in [3.05, 3.63) is 0 Å². The fourth-order valence-electron chi connectivity index (χ4n) is 1.99. The van der Waals surface area contributed by atoms with Gasteiger partial charge in [0, 0.05) is 19.1 Å². The molecule has 0 unspecified atom stereocenters. The highest BCUT2D eigenvalue weighted by Crippen LogP contribution is 2.17. The number of piperazine rings is 1. The van der Waals surface area contributed by atoms with Gasteiger partial charge in [-0.1, -0.05) is 0 Å². The molecule has 2 N–H and O–H groups in total. The van der Waals surface area contributed by atoms with E-state index in [-0.39, 0.29) is 31.1 Å². The van der Waals surface area contributed by atoms with Gasteiger partial charge in [0.1, 0.15) is 5.60 Å². The Balaban J connectivity index is 2.76. The van der Waals surface area contributed by atoms with Crippen LogP contribution in [0.2, 0.25) is 0 Å². The van der Waals surface area contributed by atoms with E-state index in [1.165, 1.54) is 12.0 Å². The maximum absolute atomic E-state index is 12.2. The fraction of sp³-hybridized carbons (Fsp3) is 0.846. The quantitative estimate of drug-likeness (QED) is 0.717. The smallest absolute Gasteiger partial charge is 0.410 e. The van der Waals surface area contributed by atoms with E-state index < -0.39 is 11.7 Å². The zero-order valence-corrected chi connectivity index (χ0v) is 12.5. The number of hydrogen-bond acceptors (Lipinski definition) is 6. The number of hydrogen-bond donors (Lipinski definition) is 2. The number of esters is 1. The number of carbonyl (C=O) groups excluding carboxylic acids is 2. The largest absolute Gasteiger partial charge is 0.469 e. The first kappa shape index (κ1) is 16.7. The Labute approximate surface area is 119 Å². The van der Waals surface area contributed by atoms with Gasteiger partial charge in [0.25, 0.3) is 0 Å². The van der Waals surface area contributed by atoms with Gasteiger partial charge in [0.15, 0.2) is 0 Å². The molecule has 0 saturated carbocycles. The lowest BCUT2D eigenvalue weighted by Crippen LogP contribution is -2.60. The summed E-state index contributed by atoms with van der Waals surface area (Å²) in [4.78, 5) is 25.1. The van der Waals surface area contributed by atoms with Gasteiger partial charge in [-0.05, 0) is 20.8 Å². The van der Waals surface area contributed by atoms with Crippen molar-refractivity contribution in [2.75, 3.05) is 26.8 Å². The molecule has 2 atom stereocenters. The van der Waals surface area contributed by atoms with Crippen LogP contribution in [0.25, 0.3) is 0 Å². The van der Waals surface area contributed by atoms with Crippen molar-refractivity contribution in [3.8, 4) is 0 Å². The molecule has 1 heterocycles. The van der Waals surface area contributed by atoms with Gasteiger partial charge in [-0.3, -0.25) is 4.79 Å². The third-order valence-electron chi connectivity index (χ3n) is 2.98. The van der Waals surface area contributed by atoms with Crippen LogP contribution in [0.4, 0.5) is 4.79 Å². The maximum Gasteiger partial charge on any atom is 0.410 e. The molecule has 0 spiro atoms. The molecule has 116 valence electrons. The minimum Gasteiger partial charge on any atom is -0.469 e. The van der Waals surface area contributed by atoms with E-state index in [0.29, 0.717) is 13.1 Å². The van der Waals surface area contributed by atoms with Crippen LogP contribution in [0, 0.1) is 0 Å². The van der Waals surface area contributed by atoms with Crippen LogP contribution in [0.5, 0.6) is 0 Å². The maximum atomic E-state index is 12.2. The molecule has 1 amide bonds. The normalized spacial score (nSPS) is 23.4. The van der Waals surface area contributed by atoms with E-state index in [9.17, 15) is 14.7 Å². The van der Waals surface area contributed by atoms with Crippen molar-refractivity contribution in [1.29, 1.82) is 0 Å².